The number of nitrogens with zero attached hydrogens (tertiary/aromatic N) is 1. The van der Waals surface area contributed by atoms with Gasteiger partial charge in [0.1, 0.15) is 0 Å². The minimum atomic E-state index is -4.83. The van der Waals surface area contributed by atoms with Crippen molar-refractivity contribution < 1.29 is 35.9 Å². The van der Waals surface area contributed by atoms with Gasteiger partial charge in [0.25, 0.3) is 0 Å². The van der Waals surface area contributed by atoms with Crippen molar-refractivity contribution in [1.29, 1.82) is 0 Å². The molecule has 1 unspecified atom stereocenters. The van der Waals surface area contributed by atoms with Crippen LogP contribution >= 0.6 is 0 Å². The molecule has 2 heterocycles. The molecular weight excluding hydrogens is 462 g/mol. The van der Waals surface area contributed by atoms with E-state index in [1.807, 2.05) is 6.07 Å². The average Bonchev–Trinajstić information content (AvgIpc) is 2.78. The highest BCUT2D eigenvalue weighted by molar-refractivity contribution is 5.79. The lowest BCUT2D eigenvalue weighted by Gasteiger charge is -2.43. The second-order valence-corrected chi connectivity index (χ2v) is 8.41. The number of piperazine rings is 1. The Kier molecular flexibility index (Phi) is 7.92. The summed E-state index contributed by atoms with van der Waals surface area (Å²) in [6.45, 7) is 2.93. The van der Waals surface area contributed by atoms with Crippen molar-refractivity contribution in [2.45, 2.75) is 50.3 Å². The largest absolute Gasteiger partial charge is 0.416 e. The van der Waals surface area contributed by atoms with Gasteiger partial charge in [-0.3, -0.25) is 9.69 Å². The van der Waals surface area contributed by atoms with Crippen LogP contribution in [0, 0.1) is 0 Å². The molecule has 2 aromatic rings. The number of carbonyl (C=O) groups is 1. The SMILES string of the molecule is CO[C@H](C)c1cc(C(F)(F)F)cc(C(F)(F)F)c1.O=C1CN2C[C@H](CC[C@H]2c2ccccc2)N1. The highest BCUT2D eigenvalue weighted by Gasteiger charge is 2.37. The summed E-state index contributed by atoms with van der Waals surface area (Å²) in [5, 5.41) is 3.04. The third-order valence-electron chi connectivity index (χ3n) is 6.01. The van der Waals surface area contributed by atoms with Gasteiger partial charge in [0.15, 0.2) is 0 Å². The average molecular weight is 488 g/mol. The lowest BCUT2D eigenvalue weighted by atomic mass is 9.91. The van der Waals surface area contributed by atoms with E-state index in [2.05, 4.69) is 34.5 Å². The van der Waals surface area contributed by atoms with Crippen LogP contribution in [0.5, 0.6) is 0 Å². The Balaban J connectivity index is 0.000000191. The number of hydrogen-bond acceptors (Lipinski definition) is 3. The molecule has 2 aromatic carbocycles. The fraction of sp³-hybridized carbons (Fsp3) is 0.458. The molecule has 2 aliphatic heterocycles. The highest BCUT2D eigenvalue weighted by Crippen LogP contribution is 2.37. The zero-order chi connectivity index (χ0) is 25.1. The number of alkyl halides is 6. The molecule has 10 heteroatoms. The second kappa shape index (κ2) is 10.4. The summed E-state index contributed by atoms with van der Waals surface area (Å²) in [6, 6.07) is 12.7. The lowest BCUT2D eigenvalue weighted by Crippen LogP contribution is -2.57. The molecule has 4 rings (SSSR count). The number of carbonyl (C=O) groups excluding carboxylic acids is 1. The number of fused-ring (bicyclic) bond motifs is 2. The number of amides is 1. The van der Waals surface area contributed by atoms with Gasteiger partial charge in [-0.1, -0.05) is 30.3 Å². The maximum Gasteiger partial charge on any atom is 0.416 e. The van der Waals surface area contributed by atoms with Gasteiger partial charge >= 0.3 is 12.4 Å². The first-order valence-electron chi connectivity index (χ1n) is 10.8. The molecule has 0 aromatic heterocycles. The van der Waals surface area contributed by atoms with Crippen LogP contribution in [0.4, 0.5) is 26.3 Å². The van der Waals surface area contributed by atoms with Crippen molar-refractivity contribution in [3.8, 4) is 0 Å². The van der Waals surface area contributed by atoms with Crippen LogP contribution in [0.1, 0.15) is 54.2 Å². The number of hydrogen-bond donors (Lipinski definition) is 1. The Bertz CT molecular complexity index is 945. The summed E-state index contributed by atoms with van der Waals surface area (Å²) in [4.78, 5) is 13.8. The Morgan fingerprint density at radius 2 is 1.56 bits per heavy atom. The third kappa shape index (κ3) is 6.50. The van der Waals surface area contributed by atoms with Crippen molar-refractivity contribution >= 4 is 5.91 Å². The van der Waals surface area contributed by atoms with E-state index in [1.165, 1.54) is 19.6 Å². The summed E-state index contributed by atoms with van der Waals surface area (Å²) in [5.74, 6) is 0.178. The van der Waals surface area contributed by atoms with Gasteiger partial charge in [0.2, 0.25) is 5.91 Å². The molecule has 1 N–H and O–H groups in total. The minimum Gasteiger partial charge on any atom is -0.377 e. The summed E-state index contributed by atoms with van der Waals surface area (Å²) in [7, 11) is 1.21. The van der Waals surface area contributed by atoms with E-state index in [0.29, 0.717) is 30.8 Å². The van der Waals surface area contributed by atoms with Gasteiger partial charge in [0, 0.05) is 25.7 Å². The van der Waals surface area contributed by atoms with Gasteiger partial charge in [-0.25, -0.2) is 0 Å². The van der Waals surface area contributed by atoms with E-state index in [0.717, 1.165) is 19.4 Å². The van der Waals surface area contributed by atoms with Gasteiger partial charge in [-0.05, 0) is 49.1 Å². The molecule has 186 valence electrons. The molecule has 0 saturated carbocycles. The number of halogens is 6. The third-order valence-corrected chi connectivity index (χ3v) is 6.01. The topological polar surface area (TPSA) is 41.6 Å². The number of benzene rings is 2. The van der Waals surface area contributed by atoms with E-state index in [9.17, 15) is 31.1 Å². The van der Waals surface area contributed by atoms with Crippen LogP contribution in [0.15, 0.2) is 48.5 Å². The Hall–Kier alpha value is -2.59. The quantitative estimate of drug-likeness (QED) is 0.560. The summed E-state index contributed by atoms with van der Waals surface area (Å²) >= 11 is 0. The van der Waals surface area contributed by atoms with Crippen LogP contribution in [0.3, 0.4) is 0 Å². The van der Waals surface area contributed by atoms with Crippen molar-refractivity contribution in [2.24, 2.45) is 0 Å². The first-order valence-corrected chi connectivity index (χ1v) is 10.8. The maximum absolute atomic E-state index is 12.5. The number of methoxy groups -OCH3 is 1. The molecule has 2 bridgehead atoms. The summed E-state index contributed by atoms with van der Waals surface area (Å²) in [6.07, 6.45) is -8.27. The van der Waals surface area contributed by atoms with Crippen molar-refractivity contribution in [3.05, 3.63) is 70.8 Å². The zero-order valence-corrected chi connectivity index (χ0v) is 18.7. The summed E-state index contributed by atoms with van der Waals surface area (Å²) < 4.78 is 79.7. The van der Waals surface area contributed by atoms with Crippen LogP contribution in [0.25, 0.3) is 0 Å². The fourth-order valence-corrected chi connectivity index (χ4v) is 4.20. The molecule has 2 fully saturated rings. The van der Waals surface area contributed by atoms with Crippen LogP contribution in [0.2, 0.25) is 0 Å². The molecule has 4 atom stereocenters. The molecule has 34 heavy (non-hydrogen) atoms. The molecule has 2 aliphatic rings. The first kappa shape index (κ1) is 26.0. The molecule has 0 spiro atoms. The molecule has 4 nitrogen and oxygen atoms in total. The standard InChI is InChI=1S/C13H16N2O.C11H10F6O/c16-13-9-15-8-11(14-13)6-7-12(15)10-4-2-1-3-5-10;1-6(18-2)7-3-8(10(12,13)14)5-9(4-7)11(15,16)17/h1-5,11-12H,6-9H2,(H,14,16);3-6H,1-2H3/t11-,12-;6-/m01/s1. The fourth-order valence-electron chi connectivity index (χ4n) is 4.20. The smallest absolute Gasteiger partial charge is 0.377 e. The van der Waals surface area contributed by atoms with E-state index >= 15 is 0 Å². The highest BCUT2D eigenvalue weighted by atomic mass is 19.4. The Labute approximate surface area is 193 Å². The molecule has 1 amide bonds. The normalized spacial score (nSPS) is 23.4. The maximum atomic E-state index is 12.5. The van der Waals surface area contributed by atoms with Crippen molar-refractivity contribution in [3.63, 3.8) is 0 Å². The van der Waals surface area contributed by atoms with Crippen molar-refractivity contribution in [1.82, 2.24) is 10.2 Å². The van der Waals surface area contributed by atoms with Crippen LogP contribution in [-0.2, 0) is 21.9 Å². The van der Waals surface area contributed by atoms with Gasteiger partial charge < -0.3 is 10.1 Å². The van der Waals surface area contributed by atoms with Crippen LogP contribution in [-0.4, -0.2) is 37.0 Å². The number of nitrogens with one attached hydrogen (secondary N) is 1. The van der Waals surface area contributed by atoms with Gasteiger partial charge in [0.05, 0.1) is 23.8 Å². The zero-order valence-electron chi connectivity index (χ0n) is 18.7. The monoisotopic (exact) mass is 488 g/mol. The predicted molar refractivity (Wildman–Crippen MR) is 114 cm³/mol. The molecule has 0 aliphatic carbocycles. The molecular formula is C24H26F6N2O2. The van der Waals surface area contributed by atoms with E-state index < -0.39 is 29.6 Å². The van der Waals surface area contributed by atoms with Gasteiger partial charge in [-0.15, -0.1) is 0 Å². The molecule has 0 radical (unpaired) electrons. The lowest BCUT2D eigenvalue weighted by molar-refractivity contribution is -0.143. The Morgan fingerprint density at radius 3 is 2.09 bits per heavy atom. The van der Waals surface area contributed by atoms with E-state index in [4.69, 9.17) is 4.74 Å². The minimum absolute atomic E-state index is 0.0892. The predicted octanol–water partition coefficient (Wildman–Crippen LogP) is 5.75. The number of piperidine rings is 1. The Morgan fingerprint density at radius 1 is 0.971 bits per heavy atom. The molecule has 2 saturated heterocycles. The van der Waals surface area contributed by atoms with Gasteiger partial charge in [-0.2, -0.15) is 26.3 Å². The number of ether oxygens (including phenoxy) is 1. The first-order chi connectivity index (χ1) is 15.9. The summed E-state index contributed by atoms with van der Waals surface area (Å²) in [5.41, 5.74) is -1.50. The van der Waals surface area contributed by atoms with E-state index in [1.54, 1.807) is 0 Å². The second-order valence-electron chi connectivity index (χ2n) is 8.41. The van der Waals surface area contributed by atoms with Crippen LogP contribution < -0.4 is 5.32 Å². The van der Waals surface area contributed by atoms with Crippen molar-refractivity contribution in [2.75, 3.05) is 20.2 Å². The number of rotatable bonds is 3. The van der Waals surface area contributed by atoms with E-state index in [-0.39, 0.29) is 17.5 Å².